The average Bonchev–Trinajstić information content (AvgIpc) is 2.93. The molecule has 1 amide bonds. The van der Waals surface area contributed by atoms with E-state index in [1.54, 1.807) is 24.3 Å². The minimum Gasteiger partial charge on any atom is -0.423 e. The van der Waals surface area contributed by atoms with Crippen molar-refractivity contribution in [1.82, 2.24) is 0 Å². The highest BCUT2D eigenvalue weighted by Crippen LogP contribution is 2.37. The topological polar surface area (TPSA) is 77.8 Å². The van der Waals surface area contributed by atoms with Gasteiger partial charge in [0.1, 0.15) is 5.58 Å². The van der Waals surface area contributed by atoms with E-state index in [0.717, 1.165) is 11.5 Å². The summed E-state index contributed by atoms with van der Waals surface area (Å²) in [6.45, 7) is 7.77. The van der Waals surface area contributed by atoms with Gasteiger partial charge >= 0.3 is 18.9 Å². The van der Waals surface area contributed by atoms with Gasteiger partial charge in [-0.05, 0) is 57.4 Å². The number of nitrogens with one attached hydrogen (secondary N) is 1. The van der Waals surface area contributed by atoms with Crippen LogP contribution < -0.4 is 16.4 Å². The summed E-state index contributed by atoms with van der Waals surface area (Å²) >= 11 is 0. The normalized spacial score (nSPS) is 17.4. The van der Waals surface area contributed by atoms with E-state index in [4.69, 9.17) is 13.7 Å². The van der Waals surface area contributed by atoms with Crippen molar-refractivity contribution in [2.75, 3.05) is 5.32 Å². The number of hydrogen-bond donors (Lipinski definition) is 1. The van der Waals surface area contributed by atoms with E-state index in [-0.39, 0.29) is 16.7 Å². The lowest BCUT2D eigenvalue weighted by Gasteiger charge is -2.32. The predicted molar refractivity (Wildman–Crippen MR) is 118 cm³/mol. The Morgan fingerprint density at radius 1 is 0.939 bits per heavy atom. The van der Waals surface area contributed by atoms with E-state index in [2.05, 4.69) is 5.32 Å². The molecule has 2 heterocycles. The number of alkyl halides is 3. The number of fused-ring (bicyclic) bond motifs is 1. The summed E-state index contributed by atoms with van der Waals surface area (Å²) in [6.07, 6.45) is -4.71. The molecule has 0 unspecified atom stereocenters. The summed E-state index contributed by atoms with van der Waals surface area (Å²) in [5.74, 6) is -0.482. The van der Waals surface area contributed by atoms with Gasteiger partial charge in [-0.1, -0.05) is 12.1 Å². The quantitative estimate of drug-likeness (QED) is 0.465. The van der Waals surface area contributed by atoms with Gasteiger partial charge in [-0.3, -0.25) is 4.79 Å². The second kappa shape index (κ2) is 7.74. The number of hydrogen-bond acceptors (Lipinski definition) is 5. The molecule has 1 saturated heterocycles. The molecule has 0 atom stereocenters. The van der Waals surface area contributed by atoms with Crippen molar-refractivity contribution in [2.24, 2.45) is 0 Å². The minimum atomic E-state index is -4.71. The molecule has 1 aromatic heterocycles. The molecule has 1 fully saturated rings. The van der Waals surface area contributed by atoms with Gasteiger partial charge in [0.2, 0.25) is 0 Å². The van der Waals surface area contributed by atoms with E-state index < -0.39 is 41.6 Å². The lowest BCUT2D eigenvalue weighted by molar-refractivity contribution is -0.136. The third-order valence-electron chi connectivity index (χ3n) is 6.01. The molecule has 0 bridgehead atoms. The Morgan fingerprint density at radius 2 is 1.55 bits per heavy atom. The number of carbonyl (C=O) groups is 1. The van der Waals surface area contributed by atoms with Crippen LogP contribution in [0.25, 0.3) is 11.0 Å². The third-order valence-corrected chi connectivity index (χ3v) is 6.01. The maximum atomic E-state index is 13.2. The Hall–Kier alpha value is -3.11. The average molecular weight is 459 g/mol. The second-order valence-corrected chi connectivity index (χ2v) is 8.85. The van der Waals surface area contributed by atoms with Gasteiger partial charge in [0, 0.05) is 28.8 Å². The summed E-state index contributed by atoms with van der Waals surface area (Å²) in [5, 5.41) is 2.33. The zero-order valence-electron chi connectivity index (χ0n) is 18.4. The van der Waals surface area contributed by atoms with Crippen LogP contribution in [0.5, 0.6) is 0 Å². The van der Waals surface area contributed by atoms with Crippen LogP contribution in [0.3, 0.4) is 0 Å². The Labute approximate surface area is 187 Å². The van der Waals surface area contributed by atoms with Crippen LogP contribution in [0.2, 0.25) is 0 Å². The van der Waals surface area contributed by atoms with Crippen molar-refractivity contribution >= 4 is 35.1 Å². The minimum absolute atomic E-state index is 0.185. The highest BCUT2D eigenvalue weighted by molar-refractivity contribution is 6.62. The second-order valence-electron chi connectivity index (χ2n) is 8.85. The van der Waals surface area contributed by atoms with Crippen LogP contribution in [0.1, 0.15) is 43.6 Å². The van der Waals surface area contributed by atoms with Crippen molar-refractivity contribution in [1.29, 1.82) is 0 Å². The molecule has 10 heteroatoms. The zero-order chi connectivity index (χ0) is 24.2. The monoisotopic (exact) mass is 459 g/mol. The zero-order valence-corrected chi connectivity index (χ0v) is 18.4. The predicted octanol–water partition coefficient (Wildman–Crippen LogP) is 4.36. The number of carbonyl (C=O) groups excluding carboxylic acids is 1. The Kier molecular flexibility index (Phi) is 5.41. The molecule has 2 aromatic carbocycles. The number of amides is 1. The van der Waals surface area contributed by atoms with E-state index in [1.807, 2.05) is 27.7 Å². The number of anilines is 1. The van der Waals surface area contributed by atoms with Crippen LogP contribution in [0.15, 0.2) is 57.7 Å². The van der Waals surface area contributed by atoms with Crippen molar-refractivity contribution in [3.05, 3.63) is 70.1 Å². The maximum absolute atomic E-state index is 13.2. The lowest BCUT2D eigenvalue weighted by atomic mass is 9.79. The number of benzene rings is 2. The molecule has 0 aliphatic carbocycles. The van der Waals surface area contributed by atoms with Gasteiger partial charge in [-0.25, -0.2) is 4.79 Å². The van der Waals surface area contributed by atoms with Crippen LogP contribution in [0.4, 0.5) is 18.9 Å². The molecule has 4 rings (SSSR count). The molecule has 3 aromatic rings. The van der Waals surface area contributed by atoms with Gasteiger partial charge in [0.05, 0.1) is 16.8 Å². The summed E-state index contributed by atoms with van der Waals surface area (Å²) in [5.41, 5.74) is -2.23. The van der Waals surface area contributed by atoms with Gasteiger partial charge in [0.25, 0.3) is 5.91 Å². The number of halogens is 3. The standard InChI is InChI=1S/C23H21BF3NO5/c1-21(2)22(3,4)33-24(32-21)14-7-5-13(6-8-14)20(30)28-15-9-10-16-17(23(25,26)27)12-19(29)31-18(16)11-15/h5-12H,1-4H3,(H,28,30). The first-order chi connectivity index (χ1) is 15.3. The summed E-state index contributed by atoms with van der Waals surface area (Å²) < 4.78 is 56.5. The van der Waals surface area contributed by atoms with Crippen molar-refractivity contribution in [2.45, 2.75) is 45.1 Å². The molecular formula is C23H21BF3NO5. The SMILES string of the molecule is CC1(C)OB(c2ccc(C(=O)Nc3ccc4c(C(F)(F)F)cc(=O)oc4c3)cc2)OC1(C)C. The van der Waals surface area contributed by atoms with E-state index in [0.29, 0.717) is 11.6 Å². The fourth-order valence-corrected chi connectivity index (χ4v) is 3.45. The largest absolute Gasteiger partial charge is 0.494 e. The van der Waals surface area contributed by atoms with Crippen LogP contribution >= 0.6 is 0 Å². The summed E-state index contributed by atoms with van der Waals surface area (Å²) in [7, 11) is -0.571. The Bertz CT molecular complexity index is 1270. The number of rotatable bonds is 3. The third kappa shape index (κ3) is 4.40. The molecule has 0 saturated carbocycles. The van der Waals surface area contributed by atoms with Crippen LogP contribution in [0, 0.1) is 0 Å². The van der Waals surface area contributed by atoms with Gasteiger partial charge < -0.3 is 19.0 Å². The smallest absolute Gasteiger partial charge is 0.423 e. The molecule has 33 heavy (non-hydrogen) atoms. The molecule has 0 spiro atoms. The van der Waals surface area contributed by atoms with Gasteiger partial charge in [-0.2, -0.15) is 13.2 Å². The first-order valence-electron chi connectivity index (χ1n) is 10.2. The molecule has 1 aliphatic heterocycles. The maximum Gasteiger partial charge on any atom is 0.494 e. The van der Waals surface area contributed by atoms with Crippen LogP contribution in [-0.2, 0) is 15.5 Å². The molecule has 172 valence electrons. The highest BCUT2D eigenvalue weighted by atomic mass is 19.4. The van der Waals surface area contributed by atoms with Crippen molar-refractivity contribution in [3.63, 3.8) is 0 Å². The molecule has 1 aliphatic rings. The Morgan fingerprint density at radius 3 is 2.12 bits per heavy atom. The lowest BCUT2D eigenvalue weighted by Crippen LogP contribution is -2.41. The first kappa shape index (κ1) is 23.1. The highest BCUT2D eigenvalue weighted by Gasteiger charge is 2.51. The molecular weight excluding hydrogens is 438 g/mol. The molecule has 1 N–H and O–H groups in total. The van der Waals surface area contributed by atoms with Gasteiger partial charge in [-0.15, -0.1) is 0 Å². The van der Waals surface area contributed by atoms with Gasteiger partial charge in [0.15, 0.2) is 0 Å². The fourth-order valence-electron chi connectivity index (χ4n) is 3.45. The van der Waals surface area contributed by atoms with Crippen LogP contribution in [-0.4, -0.2) is 24.2 Å². The van der Waals surface area contributed by atoms with E-state index >= 15 is 0 Å². The fraction of sp³-hybridized carbons (Fsp3) is 0.304. The van der Waals surface area contributed by atoms with Crippen molar-refractivity contribution in [3.8, 4) is 0 Å². The van der Waals surface area contributed by atoms with E-state index in [9.17, 15) is 22.8 Å². The van der Waals surface area contributed by atoms with Crippen molar-refractivity contribution < 1.29 is 31.7 Å². The van der Waals surface area contributed by atoms with E-state index in [1.165, 1.54) is 12.1 Å². The summed E-state index contributed by atoms with van der Waals surface area (Å²) in [6, 6.07) is 10.7. The molecule has 6 nitrogen and oxygen atoms in total. The first-order valence-corrected chi connectivity index (χ1v) is 10.2. The Balaban J connectivity index is 1.53. The summed E-state index contributed by atoms with van der Waals surface area (Å²) in [4.78, 5) is 24.2. The molecule has 0 radical (unpaired) electrons.